The Bertz CT molecular complexity index is 384. The Hall–Kier alpha value is -0.0177. The van der Waals surface area contributed by atoms with Crippen molar-refractivity contribution >= 4 is 0 Å². The van der Waals surface area contributed by atoms with Gasteiger partial charge >= 0.3 is 30.0 Å². The molecule has 160 valence electrons. The van der Waals surface area contributed by atoms with Crippen LogP contribution in [0.1, 0.15) is 105 Å². The molecule has 5 nitrogen and oxygen atoms in total. The first-order valence-corrected chi connectivity index (χ1v) is 15.1. The number of unbranched alkanes of at least 4 members (excludes halogenated alkanes) is 8. The van der Waals surface area contributed by atoms with Crippen LogP contribution < -0.4 is 3.83 Å². The second-order valence-electron chi connectivity index (χ2n) is 7.44. The summed E-state index contributed by atoms with van der Waals surface area (Å²) in [5.41, 5.74) is 0. The van der Waals surface area contributed by atoms with Gasteiger partial charge in [-0.25, -0.2) is 0 Å². The molecule has 0 N–H and O–H groups in total. The zero-order chi connectivity index (χ0) is 20.3. The van der Waals surface area contributed by atoms with Gasteiger partial charge in [0.2, 0.25) is 0 Å². The van der Waals surface area contributed by atoms with Crippen molar-refractivity contribution in [3.63, 3.8) is 0 Å². The van der Waals surface area contributed by atoms with Crippen molar-refractivity contribution in [2.45, 2.75) is 105 Å². The molecule has 0 aliphatic carbocycles. The standard InChI is InChI=1S/C20H44N.4O.Re/c1-5-9-13-17-21(18-14-10-6-2,19-15-11-7-3)20-16-12-8-4;;;;;/h5-20H2,1-4H3;;;;;/q+1;;;;-1;. The van der Waals surface area contributed by atoms with Crippen LogP contribution in [0.25, 0.3) is 0 Å². The average molecular weight is 549 g/mol. The molecule has 0 saturated heterocycles. The number of nitrogens with zero attached hydrogens (tertiary/aromatic N) is 1. The topological polar surface area (TPSA) is 74.3 Å². The summed E-state index contributed by atoms with van der Waals surface area (Å²) in [6, 6.07) is 0. The molecule has 0 fully saturated rings. The summed E-state index contributed by atoms with van der Waals surface area (Å²) in [5.74, 6) is 0. The molecular formula is C20H44NO4Re. The van der Waals surface area contributed by atoms with Gasteiger partial charge in [0, 0.05) is 0 Å². The van der Waals surface area contributed by atoms with Gasteiger partial charge in [-0.1, -0.05) is 53.4 Å². The Morgan fingerprint density at radius 1 is 0.538 bits per heavy atom. The van der Waals surface area contributed by atoms with E-state index in [4.69, 9.17) is 14.2 Å². The summed E-state index contributed by atoms with van der Waals surface area (Å²) in [5, 5.41) is 0. The van der Waals surface area contributed by atoms with Crippen molar-refractivity contribution < 1.29 is 34.5 Å². The van der Waals surface area contributed by atoms with E-state index in [1.54, 1.807) is 0 Å². The van der Waals surface area contributed by atoms with Crippen LogP contribution in [0.3, 0.4) is 0 Å². The van der Waals surface area contributed by atoms with Gasteiger partial charge in [-0.2, -0.15) is 0 Å². The zero-order valence-electron chi connectivity index (χ0n) is 17.8. The van der Waals surface area contributed by atoms with Gasteiger partial charge in [0.1, 0.15) is 0 Å². The molecule has 0 rings (SSSR count). The molecule has 0 amide bonds. The fraction of sp³-hybridized carbons (Fsp3) is 1.00. The van der Waals surface area contributed by atoms with Crippen molar-refractivity contribution in [2.24, 2.45) is 0 Å². The van der Waals surface area contributed by atoms with E-state index in [2.05, 4.69) is 27.7 Å². The van der Waals surface area contributed by atoms with Crippen molar-refractivity contribution in [3.8, 4) is 0 Å². The number of hydrogen-bond donors (Lipinski definition) is 0. The van der Waals surface area contributed by atoms with E-state index in [0.717, 1.165) is 0 Å². The molecule has 0 saturated carbocycles. The quantitative estimate of drug-likeness (QED) is 0.201. The number of rotatable bonds is 16. The van der Waals surface area contributed by atoms with Crippen LogP contribution in [0, 0.1) is 0 Å². The minimum absolute atomic E-state index is 1.36. The van der Waals surface area contributed by atoms with Gasteiger partial charge in [-0.05, 0) is 51.4 Å². The molecule has 0 atom stereocenters. The van der Waals surface area contributed by atoms with E-state index in [-0.39, 0.29) is 0 Å². The van der Waals surface area contributed by atoms with Gasteiger partial charge in [0.05, 0.1) is 26.2 Å². The first-order chi connectivity index (χ1) is 12.2. The first-order valence-electron chi connectivity index (χ1n) is 10.7. The summed E-state index contributed by atoms with van der Waals surface area (Å²) in [4.78, 5) is 0. The second kappa shape index (κ2) is 18.4. The monoisotopic (exact) mass is 549 g/mol. The van der Waals surface area contributed by atoms with Crippen LogP contribution in [0.5, 0.6) is 0 Å². The van der Waals surface area contributed by atoms with Gasteiger partial charge in [0.25, 0.3) is 0 Å². The summed E-state index contributed by atoms with van der Waals surface area (Å²) in [6.07, 6.45) is 16.9. The van der Waals surface area contributed by atoms with E-state index in [9.17, 15) is 0 Å². The Labute approximate surface area is 165 Å². The maximum absolute atomic E-state index is 8.64. The SMILES string of the molecule is CCCCC[N+](CCCCC)(CCCCC)CCCCC.[O]=[Re](=[O])(=[O])[O-]. The summed E-state index contributed by atoms with van der Waals surface area (Å²) >= 11 is -6.11. The second-order valence-corrected chi connectivity index (χ2v) is 10.2. The third-order valence-electron chi connectivity index (χ3n) is 4.94. The maximum atomic E-state index is 8.64. The van der Waals surface area contributed by atoms with Gasteiger partial charge < -0.3 is 4.48 Å². The fourth-order valence-electron chi connectivity index (χ4n) is 3.46. The molecule has 0 aromatic heterocycles. The van der Waals surface area contributed by atoms with Crippen molar-refractivity contribution in [3.05, 3.63) is 0 Å². The minimum atomic E-state index is -6.11. The molecule has 0 aromatic carbocycles. The molecule has 0 bridgehead atoms. The van der Waals surface area contributed by atoms with Crippen molar-refractivity contribution in [2.75, 3.05) is 26.2 Å². The average Bonchev–Trinajstić information content (AvgIpc) is 2.54. The van der Waals surface area contributed by atoms with Crippen LogP contribution >= 0.6 is 0 Å². The summed E-state index contributed by atoms with van der Waals surface area (Å²) in [6.45, 7) is 15.1. The molecule has 0 unspecified atom stereocenters. The molecule has 0 heterocycles. The van der Waals surface area contributed by atoms with E-state index < -0.39 is 15.8 Å². The van der Waals surface area contributed by atoms with Crippen molar-refractivity contribution in [1.29, 1.82) is 0 Å². The van der Waals surface area contributed by atoms with E-state index in [1.807, 2.05) is 0 Å². The summed E-state index contributed by atoms with van der Waals surface area (Å²) < 4.78 is 36.0. The summed E-state index contributed by atoms with van der Waals surface area (Å²) in [7, 11) is 0. The van der Waals surface area contributed by atoms with Crippen LogP contribution in [0.4, 0.5) is 0 Å². The zero-order valence-corrected chi connectivity index (χ0v) is 20.5. The molecule has 26 heavy (non-hydrogen) atoms. The van der Waals surface area contributed by atoms with E-state index in [0.29, 0.717) is 0 Å². The molecule has 0 aromatic rings. The van der Waals surface area contributed by atoms with Crippen LogP contribution in [-0.2, 0) is 26.2 Å². The molecule has 0 aliphatic heterocycles. The van der Waals surface area contributed by atoms with Crippen LogP contribution in [-0.4, -0.2) is 30.7 Å². The molecule has 6 heteroatoms. The Balaban J connectivity index is 0. The Kier molecular flexibility index (Phi) is 19.9. The predicted octanol–water partition coefficient (Wildman–Crippen LogP) is 5.02. The Morgan fingerprint density at radius 2 is 0.731 bits per heavy atom. The third kappa shape index (κ3) is 22.0. The van der Waals surface area contributed by atoms with Crippen LogP contribution in [0.2, 0.25) is 0 Å². The van der Waals surface area contributed by atoms with Gasteiger partial charge in [0.15, 0.2) is 0 Å². The predicted molar refractivity (Wildman–Crippen MR) is 99.9 cm³/mol. The van der Waals surface area contributed by atoms with Gasteiger partial charge in [-0.15, -0.1) is 0 Å². The van der Waals surface area contributed by atoms with Crippen LogP contribution in [0.15, 0.2) is 0 Å². The molecular weight excluding hydrogens is 504 g/mol. The number of hydrogen-bond acceptors (Lipinski definition) is 4. The molecule has 0 aliphatic rings. The fourth-order valence-corrected chi connectivity index (χ4v) is 3.46. The third-order valence-corrected chi connectivity index (χ3v) is 4.94. The van der Waals surface area contributed by atoms with E-state index in [1.165, 1.54) is 108 Å². The van der Waals surface area contributed by atoms with Gasteiger partial charge in [-0.3, -0.25) is 0 Å². The van der Waals surface area contributed by atoms with E-state index >= 15 is 0 Å². The van der Waals surface area contributed by atoms with Crippen molar-refractivity contribution in [1.82, 2.24) is 0 Å². The normalized spacial score (nSPS) is 11.9. The number of quaternary nitrogens is 1. The molecule has 0 spiro atoms. The first kappa shape index (κ1) is 28.2. The Morgan fingerprint density at radius 3 is 0.885 bits per heavy atom. The molecule has 0 radical (unpaired) electrons.